The van der Waals surface area contributed by atoms with Gasteiger partial charge in [0.05, 0.1) is 10.9 Å². The van der Waals surface area contributed by atoms with Crippen molar-refractivity contribution in [2.45, 2.75) is 13.3 Å². The van der Waals surface area contributed by atoms with E-state index >= 15 is 0 Å². The molecule has 2 heterocycles. The third-order valence-electron chi connectivity index (χ3n) is 7.01. The Morgan fingerprint density at radius 2 is 1.27 bits per heavy atom. The Morgan fingerprint density at radius 3 is 1.97 bits per heavy atom. The van der Waals surface area contributed by atoms with E-state index in [1.807, 2.05) is 60.7 Å². The Kier molecular flexibility index (Phi) is 5.10. The van der Waals surface area contributed by atoms with E-state index < -0.39 is 0 Å². The fourth-order valence-corrected chi connectivity index (χ4v) is 5.11. The molecule has 1 unspecified atom stereocenters. The van der Waals surface area contributed by atoms with Gasteiger partial charge < -0.3 is 0 Å². The second kappa shape index (κ2) is 8.75. The second-order valence-corrected chi connectivity index (χ2v) is 9.62. The van der Waals surface area contributed by atoms with Crippen LogP contribution in [0.25, 0.3) is 68.0 Å². The number of aromatic nitrogens is 4. The number of hydrogen-bond acceptors (Lipinski definition) is 4. The van der Waals surface area contributed by atoms with Crippen LogP contribution in [0.4, 0.5) is 0 Å². The first kappa shape index (κ1) is 21.6. The number of benzene rings is 4. The van der Waals surface area contributed by atoms with Crippen molar-refractivity contribution in [3.05, 3.63) is 108 Å². The average molecular weight is 477 g/mol. The molecule has 2 aromatic heterocycles. The quantitative estimate of drug-likeness (QED) is 0.287. The van der Waals surface area contributed by atoms with Crippen LogP contribution in [0.2, 0.25) is 0 Å². The molecule has 176 valence electrons. The maximum atomic E-state index is 5.00. The van der Waals surface area contributed by atoms with Crippen LogP contribution >= 0.6 is 0 Å². The Bertz CT molecular complexity index is 1850. The van der Waals surface area contributed by atoms with E-state index in [0.29, 0.717) is 23.4 Å². The van der Waals surface area contributed by atoms with Gasteiger partial charge in [-0.3, -0.25) is 0 Å². The molecule has 0 amide bonds. The third-order valence-corrected chi connectivity index (χ3v) is 7.01. The van der Waals surface area contributed by atoms with Crippen molar-refractivity contribution >= 4 is 33.8 Å². The molecule has 4 aromatic carbocycles. The smallest absolute Gasteiger partial charge is 0.164 e. The Labute approximate surface area is 214 Å². The Hall–Kier alpha value is -4.70. The number of pyridine rings is 1. The van der Waals surface area contributed by atoms with Gasteiger partial charge in [0.2, 0.25) is 0 Å². The highest BCUT2D eigenvalue weighted by Gasteiger charge is 2.15. The molecule has 1 aliphatic carbocycles. The average Bonchev–Trinajstić information content (AvgIpc) is 2.96. The van der Waals surface area contributed by atoms with E-state index in [4.69, 9.17) is 19.9 Å². The maximum absolute atomic E-state index is 5.00. The zero-order valence-corrected chi connectivity index (χ0v) is 20.5. The summed E-state index contributed by atoms with van der Waals surface area (Å²) in [6.45, 7) is 2.24. The first-order valence-corrected chi connectivity index (χ1v) is 12.6. The SMILES string of the molecule is CC1C=c2nc3ccc4c(-c5nc(-c6ccccc6)nc(-c6ccccc6)n5)cccc4c3cc2=CC1. The van der Waals surface area contributed by atoms with E-state index in [1.54, 1.807) is 0 Å². The fourth-order valence-electron chi connectivity index (χ4n) is 5.11. The minimum Gasteiger partial charge on any atom is -0.248 e. The number of rotatable bonds is 3. The van der Waals surface area contributed by atoms with Crippen LogP contribution in [0, 0.1) is 5.92 Å². The molecule has 0 fully saturated rings. The van der Waals surface area contributed by atoms with Gasteiger partial charge in [0.25, 0.3) is 0 Å². The van der Waals surface area contributed by atoms with Gasteiger partial charge in [-0.1, -0.05) is 104 Å². The monoisotopic (exact) mass is 476 g/mol. The van der Waals surface area contributed by atoms with Gasteiger partial charge in [0.15, 0.2) is 17.5 Å². The number of hydrogen-bond donors (Lipinski definition) is 0. The first-order valence-electron chi connectivity index (χ1n) is 12.6. The highest BCUT2D eigenvalue weighted by Crippen LogP contribution is 2.32. The minimum absolute atomic E-state index is 0.519. The van der Waals surface area contributed by atoms with Gasteiger partial charge in [0, 0.05) is 22.1 Å². The molecule has 0 spiro atoms. The summed E-state index contributed by atoms with van der Waals surface area (Å²) >= 11 is 0. The van der Waals surface area contributed by atoms with Crippen molar-refractivity contribution in [2.75, 3.05) is 0 Å². The van der Waals surface area contributed by atoms with E-state index in [1.165, 1.54) is 5.22 Å². The summed E-state index contributed by atoms with van der Waals surface area (Å²) < 4.78 is 0. The number of fused-ring (bicyclic) bond motifs is 4. The van der Waals surface area contributed by atoms with Gasteiger partial charge in [-0.15, -0.1) is 0 Å². The van der Waals surface area contributed by atoms with Gasteiger partial charge in [-0.2, -0.15) is 0 Å². The molecule has 0 bridgehead atoms. The molecule has 0 saturated heterocycles. The molecule has 6 aromatic rings. The molecule has 1 atom stereocenters. The van der Waals surface area contributed by atoms with Crippen molar-refractivity contribution in [1.82, 2.24) is 19.9 Å². The standard InChI is InChI=1S/C33H24N4/c1-21-15-16-24-20-28-25-13-8-14-27(26(25)17-18-29(28)34-30(24)19-21)33-36-31(22-9-4-2-5-10-22)35-32(37-33)23-11-6-3-7-12-23/h2-14,16-21H,15H2,1H3. The molecule has 1 aliphatic rings. The zero-order chi connectivity index (χ0) is 24.8. The molecule has 4 heteroatoms. The summed E-state index contributed by atoms with van der Waals surface area (Å²) in [5.74, 6) is 2.51. The summed E-state index contributed by atoms with van der Waals surface area (Å²) in [6, 6.07) is 33.1. The Balaban J connectivity index is 1.48. The summed E-state index contributed by atoms with van der Waals surface area (Å²) in [5.41, 5.74) is 3.92. The van der Waals surface area contributed by atoms with Gasteiger partial charge in [0.1, 0.15) is 0 Å². The molecule has 0 saturated carbocycles. The predicted octanol–water partition coefficient (Wildman–Crippen LogP) is 6.17. The molecular formula is C33H24N4. The number of nitrogens with zero attached hydrogens (tertiary/aromatic N) is 4. The van der Waals surface area contributed by atoms with Crippen molar-refractivity contribution in [1.29, 1.82) is 0 Å². The van der Waals surface area contributed by atoms with Crippen molar-refractivity contribution < 1.29 is 0 Å². The largest absolute Gasteiger partial charge is 0.248 e. The van der Waals surface area contributed by atoms with Crippen LogP contribution in [0.1, 0.15) is 13.3 Å². The third kappa shape index (κ3) is 3.87. The van der Waals surface area contributed by atoms with Crippen molar-refractivity contribution in [2.24, 2.45) is 5.92 Å². The van der Waals surface area contributed by atoms with Gasteiger partial charge in [-0.25, -0.2) is 19.9 Å². The summed E-state index contributed by atoms with van der Waals surface area (Å²) in [6.07, 6.45) is 5.63. The lowest BCUT2D eigenvalue weighted by molar-refractivity contribution is 0.796. The fraction of sp³-hybridized carbons (Fsp3) is 0.0909. The van der Waals surface area contributed by atoms with Crippen LogP contribution in [0.15, 0.2) is 97.1 Å². The maximum Gasteiger partial charge on any atom is 0.164 e. The van der Waals surface area contributed by atoms with Crippen LogP contribution in [-0.4, -0.2) is 19.9 Å². The molecule has 7 rings (SSSR count). The molecular weight excluding hydrogens is 452 g/mol. The zero-order valence-electron chi connectivity index (χ0n) is 20.5. The Morgan fingerprint density at radius 1 is 0.595 bits per heavy atom. The molecule has 0 aliphatic heterocycles. The van der Waals surface area contributed by atoms with E-state index in [0.717, 1.165) is 50.1 Å². The van der Waals surface area contributed by atoms with Crippen molar-refractivity contribution in [3.8, 4) is 34.2 Å². The van der Waals surface area contributed by atoms with Crippen LogP contribution < -0.4 is 10.6 Å². The topological polar surface area (TPSA) is 51.6 Å². The summed E-state index contributed by atoms with van der Waals surface area (Å²) in [4.78, 5) is 19.8. The second-order valence-electron chi connectivity index (χ2n) is 9.62. The lowest BCUT2D eigenvalue weighted by Gasteiger charge is -2.12. The molecule has 4 nitrogen and oxygen atoms in total. The molecule has 0 N–H and O–H groups in total. The predicted molar refractivity (Wildman–Crippen MR) is 151 cm³/mol. The lowest BCUT2D eigenvalue weighted by Crippen LogP contribution is -2.31. The van der Waals surface area contributed by atoms with E-state index in [-0.39, 0.29) is 0 Å². The lowest BCUT2D eigenvalue weighted by atomic mass is 9.97. The van der Waals surface area contributed by atoms with Crippen LogP contribution in [-0.2, 0) is 0 Å². The first-order chi connectivity index (χ1) is 18.2. The van der Waals surface area contributed by atoms with Crippen LogP contribution in [0.5, 0.6) is 0 Å². The summed E-state index contributed by atoms with van der Waals surface area (Å²) in [5, 5.41) is 5.70. The van der Waals surface area contributed by atoms with Gasteiger partial charge >= 0.3 is 0 Å². The van der Waals surface area contributed by atoms with Crippen LogP contribution in [0.3, 0.4) is 0 Å². The normalized spacial score (nSPS) is 14.7. The minimum atomic E-state index is 0.519. The van der Waals surface area contributed by atoms with E-state index in [2.05, 4.69) is 55.5 Å². The van der Waals surface area contributed by atoms with Gasteiger partial charge in [-0.05, 0) is 40.5 Å². The highest BCUT2D eigenvalue weighted by molar-refractivity contribution is 6.10. The highest BCUT2D eigenvalue weighted by atomic mass is 15.0. The van der Waals surface area contributed by atoms with E-state index in [9.17, 15) is 0 Å². The molecule has 37 heavy (non-hydrogen) atoms. The summed E-state index contributed by atoms with van der Waals surface area (Å²) in [7, 11) is 0. The molecule has 0 radical (unpaired) electrons. The van der Waals surface area contributed by atoms with Crippen molar-refractivity contribution in [3.63, 3.8) is 0 Å².